The van der Waals surface area contributed by atoms with Crippen LogP contribution in [0.2, 0.25) is 0 Å². The van der Waals surface area contributed by atoms with Crippen molar-refractivity contribution < 1.29 is 9.79 Å². The quantitative estimate of drug-likeness (QED) is 0.617. The average Bonchev–Trinajstić information content (AvgIpc) is 2.45. The summed E-state index contributed by atoms with van der Waals surface area (Å²) in [7, 11) is 0. The van der Waals surface area contributed by atoms with Crippen molar-refractivity contribution in [2.45, 2.75) is 6.54 Å². The number of amides is 2. The Bertz CT molecular complexity index is 552. The summed E-state index contributed by atoms with van der Waals surface area (Å²) in [5.74, 6) is 0. The van der Waals surface area contributed by atoms with Crippen molar-refractivity contribution >= 4 is 18.1 Å². The van der Waals surface area contributed by atoms with Gasteiger partial charge in [-0.05, 0) is 17.7 Å². The van der Waals surface area contributed by atoms with Gasteiger partial charge in [-0.3, -0.25) is 4.99 Å². The van der Waals surface area contributed by atoms with Gasteiger partial charge in [0.25, 0.3) is 0 Å². The molecule has 2 aromatic carbocycles. The summed E-state index contributed by atoms with van der Waals surface area (Å²) in [6.45, 7) is 0.636. The number of urea groups is 1. The molecule has 0 radical (unpaired) electrons. The first-order chi connectivity index (χ1) is 9.27. The maximum absolute atomic E-state index is 11.4. The van der Waals surface area contributed by atoms with E-state index in [0.29, 0.717) is 6.54 Å². The third-order valence-electron chi connectivity index (χ3n) is 2.64. The number of carbonyl (C=O) groups is 1. The van der Waals surface area contributed by atoms with Gasteiger partial charge < -0.3 is 5.73 Å². The molecule has 2 amide bonds. The van der Waals surface area contributed by atoms with Gasteiger partial charge in [0.2, 0.25) is 6.34 Å². The number of hydrogen-bond donors (Lipinski definition) is 2. The second-order valence-corrected chi connectivity index (χ2v) is 4.04. The Morgan fingerprint density at radius 3 is 2.21 bits per heavy atom. The normalized spacial score (nSPS) is 10.5. The van der Waals surface area contributed by atoms with Crippen LogP contribution in [0, 0.1) is 0 Å². The average molecular weight is 254 g/mol. The van der Waals surface area contributed by atoms with Crippen LogP contribution in [0.3, 0.4) is 0 Å². The van der Waals surface area contributed by atoms with E-state index in [1.54, 1.807) is 6.34 Å². The Morgan fingerprint density at radius 2 is 1.63 bits per heavy atom. The molecule has 0 aliphatic rings. The molecule has 2 rings (SSSR count). The molecule has 0 heterocycles. The SMILES string of the molecule is NC(=O)N(C=[NH+]Cc1ccccc1)c1ccccc1. The number of rotatable bonds is 4. The Morgan fingerprint density at radius 1 is 1.05 bits per heavy atom. The molecule has 2 aromatic rings. The van der Waals surface area contributed by atoms with Gasteiger partial charge in [-0.25, -0.2) is 4.79 Å². The molecule has 0 aliphatic carbocycles. The van der Waals surface area contributed by atoms with E-state index in [1.807, 2.05) is 60.7 Å². The van der Waals surface area contributed by atoms with Gasteiger partial charge in [0.05, 0.1) is 0 Å². The summed E-state index contributed by atoms with van der Waals surface area (Å²) in [5.41, 5.74) is 7.23. The van der Waals surface area contributed by atoms with Crippen LogP contribution in [-0.2, 0) is 6.54 Å². The van der Waals surface area contributed by atoms with Crippen molar-refractivity contribution in [3.63, 3.8) is 0 Å². The minimum atomic E-state index is -0.522. The highest BCUT2D eigenvalue weighted by atomic mass is 16.2. The number of carbonyl (C=O) groups excluding carboxylic acids is 1. The Balaban J connectivity index is 2.08. The summed E-state index contributed by atoms with van der Waals surface area (Å²) in [6.07, 6.45) is 1.59. The molecule has 0 saturated heterocycles. The van der Waals surface area contributed by atoms with E-state index in [0.717, 1.165) is 11.3 Å². The first-order valence-corrected chi connectivity index (χ1v) is 6.02. The van der Waals surface area contributed by atoms with Gasteiger partial charge in [-0.2, -0.15) is 0 Å². The van der Waals surface area contributed by atoms with Crippen molar-refractivity contribution in [3.8, 4) is 0 Å². The molecule has 0 spiro atoms. The van der Waals surface area contributed by atoms with E-state index >= 15 is 0 Å². The number of nitrogens with zero attached hydrogens (tertiary/aromatic N) is 1. The summed E-state index contributed by atoms with van der Waals surface area (Å²) >= 11 is 0. The van der Waals surface area contributed by atoms with Gasteiger partial charge in [0.1, 0.15) is 12.2 Å². The maximum atomic E-state index is 11.4. The molecule has 0 fully saturated rings. The van der Waals surface area contributed by atoms with E-state index < -0.39 is 6.03 Å². The summed E-state index contributed by atoms with van der Waals surface area (Å²) in [6, 6.07) is 18.7. The zero-order valence-corrected chi connectivity index (χ0v) is 10.5. The Hall–Kier alpha value is -2.62. The highest BCUT2D eigenvalue weighted by molar-refractivity contribution is 6.05. The highest BCUT2D eigenvalue weighted by Gasteiger charge is 2.16. The van der Waals surface area contributed by atoms with Crippen LogP contribution in [0.15, 0.2) is 60.7 Å². The van der Waals surface area contributed by atoms with Gasteiger partial charge in [-0.1, -0.05) is 48.5 Å². The van der Waals surface area contributed by atoms with E-state index in [-0.39, 0.29) is 0 Å². The van der Waals surface area contributed by atoms with Crippen LogP contribution in [0.1, 0.15) is 5.56 Å². The van der Waals surface area contributed by atoms with Gasteiger partial charge in [0, 0.05) is 0 Å². The van der Waals surface area contributed by atoms with E-state index in [2.05, 4.69) is 4.99 Å². The maximum Gasteiger partial charge on any atom is 0.410 e. The lowest BCUT2D eigenvalue weighted by molar-refractivity contribution is -0.470. The lowest BCUT2D eigenvalue weighted by atomic mass is 10.2. The molecular weight excluding hydrogens is 238 g/mol. The lowest BCUT2D eigenvalue weighted by Crippen LogP contribution is -2.70. The first kappa shape index (κ1) is 12.8. The third kappa shape index (κ3) is 3.67. The number of primary amides is 1. The zero-order chi connectivity index (χ0) is 13.5. The molecule has 0 aliphatic heterocycles. The van der Waals surface area contributed by atoms with Crippen LogP contribution in [0.4, 0.5) is 10.5 Å². The highest BCUT2D eigenvalue weighted by Crippen LogP contribution is 2.09. The van der Waals surface area contributed by atoms with Crippen molar-refractivity contribution in [1.29, 1.82) is 0 Å². The largest absolute Gasteiger partial charge is 0.410 e. The third-order valence-corrected chi connectivity index (χ3v) is 2.64. The van der Waals surface area contributed by atoms with E-state index in [9.17, 15) is 4.79 Å². The molecule has 96 valence electrons. The molecule has 0 atom stereocenters. The minimum absolute atomic E-state index is 0.522. The lowest BCUT2D eigenvalue weighted by Gasteiger charge is -2.06. The van der Waals surface area contributed by atoms with Gasteiger partial charge >= 0.3 is 6.03 Å². The molecule has 0 saturated carbocycles. The number of anilines is 1. The van der Waals surface area contributed by atoms with Crippen molar-refractivity contribution in [1.82, 2.24) is 0 Å². The number of nitrogens with two attached hydrogens (primary N) is 1. The fourth-order valence-electron chi connectivity index (χ4n) is 1.70. The molecule has 0 bridgehead atoms. The fraction of sp³-hybridized carbons (Fsp3) is 0.0667. The predicted octanol–water partition coefficient (Wildman–Crippen LogP) is 0.881. The number of benzene rings is 2. The molecule has 4 heteroatoms. The molecular formula is C15H16N3O+. The smallest absolute Gasteiger partial charge is 0.331 e. The van der Waals surface area contributed by atoms with Crippen LogP contribution in [0.5, 0.6) is 0 Å². The second-order valence-electron chi connectivity index (χ2n) is 4.04. The number of hydrogen-bond acceptors (Lipinski definition) is 1. The number of para-hydroxylation sites is 1. The van der Waals surface area contributed by atoms with Crippen LogP contribution < -0.4 is 15.6 Å². The standard InChI is InChI=1S/C15H15N3O/c16-15(19)18(14-9-5-2-6-10-14)12-17-11-13-7-3-1-4-8-13/h1-10,12H,11H2,(H2,16,19)/p+1. The van der Waals surface area contributed by atoms with Gasteiger partial charge in [-0.15, -0.1) is 4.90 Å². The molecule has 0 unspecified atom stereocenters. The van der Waals surface area contributed by atoms with Gasteiger partial charge in [0.15, 0.2) is 0 Å². The van der Waals surface area contributed by atoms with E-state index in [1.165, 1.54) is 4.90 Å². The van der Waals surface area contributed by atoms with Crippen molar-refractivity contribution in [2.24, 2.45) is 5.73 Å². The molecule has 0 aromatic heterocycles. The topological polar surface area (TPSA) is 60.3 Å². The Kier molecular flexibility index (Phi) is 4.29. The molecule has 4 nitrogen and oxygen atoms in total. The van der Waals surface area contributed by atoms with Crippen LogP contribution in [0.25, 0.3) is 0 Å². The first-order valence-electron chi connectivity index (χ1n) is 6.02. The summed E-state index contributed by atoms with van der Waals surface area (Å²) in [5, 5.41) is 0. The monoisotopic (exact) mass is 254 g/mol. The van der Waals surface area contributed by atoms with Crippen molar-refractivity contribution in [2.75, 3.05) is 4.90 Å². The summed E-state index contributed by atoms with van der Waals surface area (Å²) in [4.78, 5) is 15.9. The van der Waals surface area contributed by atoms with E-state index in [4.69, 9.17) is 5.73 Å². The number of nitrogens with one attached hydrogen (secondary N) is 1. The second kappa shape index (κ2) is 6.35. The minimum Gasteiger partial charge on any atom is -0.331 e. The Labute approximate surface area is 112 Å². The summed E-state index contributed by atoms with van der Waals surface area (Å²) < 4.78 is 0. The van der Waals surface area contributed by atoms with Crippen molar-refractivity contribution in [3.05, 3.63) is 66.2 Å². The fourth-order valence-corrected chi connectivity index (χ4v) is 1.70. The van der Waals surface area contributed by atoms with Crippen LogP contribution >= 0.6 is 0 Å². The van der Waals surface area contributed by atoms with Crippen LogP contribution in [-0.4, -0.2) is 12.4 Å². The molecule has 19 heavy (non-hydrogen) atoms. The zero-order valence-electron chi connectivity index (χ0n) is 10.5. The predicted molar refractivity (Wildman–Crippen MR) is 75.7 cm³/mol. The molecule has 3 N–H and O–H groups in total.